The Morgan fingerprint density at radius 2 is 1.77 bits per heavy atom. The van der Waals surface area contributed by atoms with Gasteiger partial charge in [0.15, 0.2) is 0 Å². The number of pyridine rings is 1. The number of imide groups is 1. The number of fused-ring (bicyclic) bond motifs is 1. The van der Waals surface area contributed by atoms with Gasteiger partial charge in [0.25, 0.3) is 5.91 Å². The number of alkyl halides is 3. The van der Waals surface area contributed by atoms with Gasteiger partial charge in [-0.25, -0.2) is 4.98 Å². The minimum Gasteiger partial charge on any atom is -0.489 e. The lowest BCUT2D eigenvalue weighted by Crippen LogP contribution is -2.53. The number of nitrogens with zero attached hydrogens (tertiary/aromatic N) is 5. The molecule has 282 valence electrons. The number of carbonyl (C=O) groups is 3. The number of nitrogens with one attached hydrogen (secondary N) is 2. The van der Waals surface area contributed by atoms with Crippen molar-refractivity contribution in [1.29, 1.82) is 0 Å². The van der Waals surface area contributed by atoms with Crippen LogP contribution in [0.3, 0.4) is 0 Å². The highest BCUT2D eigenvalue weighted by molar-refractivity contribution is 6.05. The molecular formula is C39H46F3N7O4. The largest absolute Gasteiger partial charge is 0.489 e. The molecule has 0 aliphatic carbocycles. The van der Waals surface area contributed by atoms with Crippen molar-refractivity contribution in [1.82, 2.24) is 25.0 Å². The Labute approximate surface area is 308 Å². The molecule has 0 saturated carbocycles. The van der Waals surface area contributed by atoms with Crippen LogP contribution in [0, 0.1) is 6.92 Å². The third kappa shape index (κ3) is 8.13. The van der Waals surface area contributed by atoms with E-state index in [0.717, 1.165) is 87.1 Å². The summed E-state index contributed by atoms with van der Waals surface area (Å²) in [4.78, 5) is 50.0. The Morgan fingerprint density at radius 1 is 1.02 bits per heavy atom. The van der Waals surface area contributed by atoms with Crippen LogP contribution >= 0.6 is 0 Å². The number of benzene rings is 2. The van der Waals surface area contributed by atoms with Crippen molar-refractivity contribution < 1.29 is 33.7 Å². The van der Waals surface area contributed by atoms with Crippen LogP contribution in [0.15, 0.2) is 48.6 Å². The number of halogens is 3. The number of aromatic nitrogens is 1. The lowest BCUT2D eigenvalue weighted by molar-refractivity contribution is -0.138. The molecule has 0 radical (unpaired) electrons. The summed E-state index contributed by atoms with van der Waals surface area (Å²) in [5, 5.41) is 5.43. The average molecular weight is 735 g/mol. The fraction of sp³-hybridized carbons (Fsp3) is 0.487. The van der Waals surface area contributed by atoms with Crippen LogP contribution in [0.4, 0.5) is 30.4 Å². The number of carbonyl (C=O) groups excluding carboxylic acids is 3. The molecule has 3 fully saturated rings. The van der Waals surface area contributed by atoms with Gasteiger partial charge < -0.3 is 19.9 Å². The van der Waals surface area contributed by atoms with Crippen LogP contribution < -0.4 is 20.3 Å². The van der Waals surface area contributed by atoms with Crippen LogP contribution in [-0.2, 0) is 28.9 Å². The van der Waals surface area contributed by atoms with E-state index in [9.17, 15) is 27.6 Å². The SMILES string of the molecule is [2H]c1cc(Nc2cc(C)c(N3CCN(C4CCN(Cc5ccc6c(c5)CN(C5CCC(=O)NC5=O)C6=O)CC4)CC3)cc2OC(C)C)ncc1C(F)(F)F. The fourth-order valence-corrected chi connectivity index (χ4v) is 7.94. The Balaban J connectivity index is 0.925. The summed E-state index contributed by atoms with van der Waals surface area (Å²) in [5.41, 5.74) is 4.23. The molecule has 0 spiro atoms. The molecule has 5 heterocycles. The first-order valence-electron chi connectivity index (χ1n) is 18.8. The molecule has 1 aromatic heterocycles. The number of hydrogen-bond donors (Lipinski definition) is 2. The third-order valence-electron chi connectivity index (χ3n) is 10.6. The van der Waals surface area contributed by atoms with Gasteiger partial charge in [0.1, 0.15) is 17.6 Å². The minimum absolute atomic E-state index is 0.135. The molecule has 4 aliphatic rings. The Bertz CT molecular complexity index is 1930. The molecule has 2 aromatic carbocycles. The summed E-state index contributed by atoms with van der Waals surface area (Å²) in [6, 6.07) is 10.2. The molecule has 3 saturated heterocycles. The number of anilines is 3. The average Bonchev–Trinajstić information content (AvgIpc) is 3.44. The van der Waals surface area contributed by atoms with Gasteiger partial charge in [-0.2, -0.15) is 13.2 Å². The summed E-state index contributed by atoms with van der Waals surface area (Å²) in [6.45, 7) is 12.5. The van der Waals surface area contributed by atoms with E-state index in [-0.39, 0.29) is 30.2 Å². The molecule has 4 aliphatic heterocycles. The molecule has 3 aromatic rings. The van der Waals surface area contributed by atoms with Crippen LogP contribution in [0.1, 0.15) is 73.5 Å². The van der Waals surface area contributed by atoms with Crippen molar-refractivity contribution in [3.8, 4) is 5.75 Å². The van der Waals surface area contributed by atoms with Crippen LogP contribution in [0.5, 0.6) is 5.75 Å². The number of rotatable bonds is 9. The summed E-state index contributed by atoms with van der Waals surface area (Å²) in [6.07, 6.45) is -1.39. The standard InChI is InChI=1S/C39H46F3N7O4/c1-24(2)53-34-20-33(25(3)18-31(34)44-35-8-5-28(21-43-35)39(40,41)42)48-16-14-47(15-17-48)29-10-12-46(13-11-29)22-26-4-6-30-27(19-26)23-49(38(30)52)32-7-9-36(50)45-37(32)51/h4-6,8,18-21,24,29,32H,7,9-17,22-23H2,1-3H3,(H,43,44)(H,45,50,51)/i5D. The predicted octanol–water partition coefficient (Wildman–Crippen LogP) is 5.49. The Kier molecular flexibility index (Phi) is 9.99. The lowest BCUT2D eigenvalue weighted by Gasteiger charge is -2.43. The van der Waals surface area contributed by atoms with Gasteiger partial charge in [-0.05, 0) is 94.1 Å². The van der Waals surface area contributed by atoms with Crippen molar-refractivity contribution >= 4 is 34.9 Å². The smallest absolute Gasteiger partial charge is 0.417 e. The number of ether oxygens (including phenoxy) is 1. The maximum Gasteiger partial charge on any atom is 0.417 e. The molecule has 14 heteroatoms. The monoisotopic (exact) mass is 734 g/mol. The topological polar surface area (TPSA) is 110 Å². The van der Waals surface area contributed by atoms with E-state index in [2.05, 4.69) is 36.4 Å². The number of piperazine rings is 1. The van der Waals surface area contributed by atoms with E-state index in [1.165, 1.54) is 0 Å². The van der Waals surface area contributed by atoms with Gasteiger partial charge >= 0.3 is 6.18 Å². The second kappa shape index (κ2) is 15.0. The molecule has 53 heavy (non-hydrogen) atoms. The van der Waals surface area contributed by atoms with Crippen molar-refractivity contribution in [2.45, 2.75) is 83.9 Å². The van der Waals surface area contributed by atoms with Gasteiger partial charge in [0.2, 0.25) is 11.8 Å². The summed E-state index contributed by atoms with van der Waals surface area (Å²) in [7, 11) is 0. The lowest BCUT2D eigenvalue weighted by atomic mass is 10.0. The number of hydrogen-bond acceptors (Lipinski definition) is 9. The van der Waals surface area contributed by atoms with Gasteiger partial charge in [-0.15, -0.1) is 0 Å². The highest BCUT2D eigenvalue weighted by Gasteiger charge is 2.39. The third-order valence-corrected chi connectivity index (χ3v) is 10.6. The van der Waals surface area contributed by atoms with Crippen molar-refractivity contribution in [2.75, 3.05) is 49.5 Å². The fourth-order valence-electron chi connectivity index (χ4n) is 7.94. The molecule has 1 atom stereocenters. The van der Waals surface area contributed by atoms with Crippen LogP contribution in [0.2, 0.25) is 0 Å². The van der Waals surface area contributed by atoms with Crippen molar-refractivity contribution in [3.63, 3.8) is 0 Å². The van der Waals surface area contributed by atoms with Crippen LogP contribution in [0.25, 0.3) is 0 Å². The minimum atomic E-state index is -4.64. The first-order valence-corrected chi connectivity index (χ1v) is 18.3. The van der Waals surface area contributed by atoms with Gasteiger partial charge in [0, 0.05) is 75.2 Å². The highest BCUT2D eigenvalue weighted by atomic mass is 19.4. The zero-order valence-corrected chi connectivity index (χ0v) is 30.3. The number of aryl methyl sites for hydroxylation is 1. The molecular weight excluding hydrogens is 687 g/mol. The van der Waals surface area contributed by atoms with E-state index in [1.54, 1.807) is 4.90 Å². The van der Waals surface area contributed by atoms with Crippen molar-refractivity contribution in [2.24, 2.45) is 0 Å². The molecule has 7 rings (SSSR count). The van der Waals surface area contributed by atoms with E-state index >= 15 is 0 Å². The molecule has 0 bridgehead atoms. The maximum atomic E-state index is 13.2. The van der Waals surface area contributed by atoms with E-state index in [1.807, 2.05) is 45.0 Å². The van der Waals surface area contributed by atoms with E-state index in [0.29, 0.717) is 42.2 Å². The second-order valence-electron chi connectivity index (χ2n) is 14.7. The van der Waals surface area contributed by atoms with Crippen LogP contribution in [-0.4, -0.2) is 94.9 Å². The van der Waals surface area contributed by atoms with Gasteiger partial charge in [0.05, 0.1) is 18.7 Å². The molecule has 11 nitrogen and oxygen atoms in total. The van der Waals surface area contributed by atoms with Gasteiger partial charge in [-0.1, -0.05) is 12.1 Å². The maximum absolute atomic E-state index is 13.2. The normalized spacial score (nSPS) is 20.8. The number of piperidine rings is 2. The predicted molar refractivity (Wildman–Crippen MR) is 194 cm³/mol. The zero-order valence-electron chi connectivity index (χ0n) is 31.3. The van der Waals surface area contributed by atoms with Crippen molar-refractivity contribution in [3.05, 3.63) is 76.5 Å². The number of likely N-dealkylation sites (tertiary alicyclic amines) is 1. The Hall–Kier alpha value is -4.69. The first kappa shape index (κ1) is 35.3. The first-order chi connectivity index (χ1) is 25.7. The zero-order chi connectivity index (χ0) is 38.3. The van der Waals surface area contributed by atoms with Gasteiger partial charge in [-0.3, -0.25) is 29.5 Å². The quantitative estimate of drug-likeness (QED) is 0.276. The summed E-state index contributed by atoms with van der Waals surface area (Å²) < 4.78 is 53.6. The second-order valence-corrected chi connectivity index (χ2v) is 14.7. The summed E-state index contributed by atoms with van der Waals surface area (Å²) in [5.74, 6) is -0.146. The molecule has 3 amide bonds. The molecule has 2 N–H and O–H groups in total. The van der Waals surface area contributed by atoms with E-state index in [4.69, 9.17) is 6.11 Å². The molecule has 1 unspecified atom stereocenters. The number of amides is 3. The summed E-state index contributed by atoms with van der Waals surface area (Å²) >= 11 is 0. The Morgan fingerprint density at radius 3 is 2.45 bits per heavy atom. The van der Waals surface area contributed by atoms with E-state index < -0.39 is 29.7 Å². The highest BCUT2D eigenvalue weighted by Crippen LogP contribution is 2.37.